The Bertz CT molecular complexity index is 80.0. The fourth-order valence-corrected chi connectivity index (χ4v) is 0.385. The van der Waals surface area contributed by atoms with Crippen LogP contribution in [0.25, 0.3) is 0 Å². The van der Waals surface area contributed by atoms with Crippen LogP contribution in [0.4, 0.5) is 0 Å². The van der Waals surface area contributed by atoms with Crippen molar-refractivity contribution in [3.8, 4) is 0 Å². The summed E-state index contributed by atoms with van der Waals surface area (Å²) in [6.45, 7) is 2.00. The molecule has 0 fully saturated rings. The first-order valence-electron chi connectivity index (χ1n) is 2.00. The monoisotopic (exact) mass is 100 g/mol. The quantitative estimate of drug-likeness (QED) is 0.413. The van der Waals surface area contributed by atoms with E-state index in [9.17, 15) is 0 Å². The van der Waals surface area contributed by atoms with Crippen molar-refractivity contribution >= 4 is 36.5 Å². The summed E-state index contributed by atoms with van der Waals surface area (Å²) in [4.78, 5) is 0. The van der Waals surface area contributed by atoms with E-state index in [2.05, 4.69) is 0 Å². The van der Waals surface area contributed by atoms with Gasteiger partial charge in [-0.2, -0.15) is 0 Å². The van der Waals surface area contributed by atoms with Crippen molar-refractivity contribution in [1.29, 1.82) is 0 Å². The van der Waals surface area contributed by atoms with Gasteiger partial charge in [-0.15, -0.1) is 0 Å². The molecule has 1 rings (SSSR count). The zero-order valence-electron chi connectivity index (χ0n) is 3.46. The molecular weight excluding hydrogens is 93.9 g/mol. The molecule has 1 aromatic rings. The predicted octanol–water partition coefficient (Wildman–Crippen LogP) is 0.376. The van der Waals surface area contributed by atoms with Gasteiger partial charge in [-0.25, -0.2) is 0 Å². The van der Waals surface area contributed by atoms with Gasteiger partial charge in [0.25, 0.3) is 0 Å². The Kier molecular flexibility index (Phi) is 4.84. The summed E-state index contributed by atoms with van der Waals surface area (Å²) in [6, 6.07) is 6.00. The molecule has 0 unspecified atom stereocenters. The maximum absolute atomic E-state index is 2.00. The van der Waals surface area contributed by atoms with Crippen molar-refractivity contribution in [2.45, 2.75) is 0 Å². The van der Waals surface area contributed by atoms with Crippen LogP contribution in [-0.2, 0) is 0 Å². The molecule has 0 aliphatic heterocycles. The summed E-state index contributed by atoms with van der Waals surface area (Å²) < 4.78 is 0. The van der Waals surface area contributed by atoms with Gasteiger partial charge in [0.15, 0.2) is 0 Å². The molecule has 0 aliphatic carbocycles. The van der Waals surface area contributed by atoms with Gasteiger partial charge in [0.1, 0.15) is 0 Å². The molecule has 0 spiro atoms. The summed E-state index contributed by atoms with van der Waals surface area (Å²) in [6.07, 6.45) is 0. The first-order valence-corrected chi connectivity index (χ1v) is 2.00. The SMILES string of the molecule is [NaH].b1ccccc1. The standard InChI is InChI=1S/C5H5B.Na.H/c1-2-4-6-5-3-1;;/h1-5H;;. The summed E-state index contributed by atoms with van der Waals surface area (Å²) in [7, 11) is 0. The van der Waals surface area contributed by atoms with Gasteiger partial charge >= 0.3 is 66.6 Å². The Morgan fingerprint density at radius 3 is 1.57 bits per heavy atom. The fourth-order valence-electron chi connectivity index (χ4n) is 0.385. The average Bonchev–Trinajstić information content (AvgIpc) is 1.72. The van der Waals surface area contributed by atoms with Gasteiger partial charge in [0.05, 0.1) is 0 Å². The number of hydrogen-bond donors (Lipinski definition) is 0. The molecule has 1 aromatic heterocycles. The molecule has 0 amide bonds. The van der Waals surface area contributed by atoms with E-state index in [4.69, 9.17) is 0 Å². The van der Waals surface area contributed by atoms with E-state index in [0.717, 1.165) is 0 Å². The van der Waals surface area contributed by atoms with Crippen LogP contribution in [0.3, 0.4) is 0 Å². The maximum atomic E-state index is 2.00. The third kappa shape index (κ3) is 3.04. The van der Waals surface area contributed by atoms with Crippen LogP contribution in [0, 0.1) is 0 Å². The Morgan fingerprint density at radius 2 is 1.43 bits per heavy atom. The Balaban J connectivity index is 0.000000360. The van der Waals surface area contributed by atoms with Crippen molar-refractivity contribution in [3.05, 3.63) is 30.1 Å². The van der Waals surface area contributed by atoms with Crippen LogP contribution in [0.2, 0.25) is 0 Å². The van der Waals surface area contributed by atoms with Gasteiger partial charge in [-0.3, -0.25) is 0 Å². The molecular formula is C5H6BNa. The van der Waals surface area contributed by atoms with E-state index >= 15 is 0 Å². The summed E-state index contributed by atoms with van der Waals surface area (Å²) >= 11 is 0. The van der Waals surface area contributed by atoms with E-state index in [-0.39, 0.29) is 29.6 Å². The van der Waals surface area contributed by atoms with E-state index in [0.29, 0.717) is 0 Å². The van der Waals surface area contributed by atoms with Crippen LogP contribution in [-0.4, -0.2) is 36.5 Å². The predicted molar refractivity (Wildman–Crippen MR) is 34.9 cm³/mol. The second-order valence-corrected chi connectivity index (χ2v) is 1.15. The molecule has 0 N–H and O–H groups in total. The normalized spacial score (nSPS) is 6.29. The minimum atomic E-state index is 0. The van der Waals surface area contributed by atoms with Crippen molar-refractivity contribution < 1.29 is 0 Å². The van der Waals surface area contributed by atoms with Gasteiger partial charge in [0.2, 0.25) is 0 Å². The molecule has 0 saturated carbocycles. The van der Waals surface area contributed by atoms with Crippen molar-refractivity contribution in [1.82, 2.24) is 0 Å². The van der Waals surface area contributed by atoms with Crippen LogP contribution >= 0.6 is 0 Å². The minimum absolute atomic E-state index is 0. The number of hydrogen-bond acceptors (Lipinski definition) is 0. The van der Waals surface area contributed by atoms with E-state index in [1.54, 1.807) is 0 Å². The van der Waals surface area contributed by atoms with Crippen LogP contribution in [0.5, 0.6) is 0 Å². The molecule has 0 saturated heterocycles. The van der Waals surface area contributed by atoms with Crippen molar-refractivity contribution in [3.63, 3.8) is 0 Å². The average molecular weight is 99.9 g/mol. The molecule has 30 valence electrons. The van der Waals surface area contributed by atoms with Gasteiger partial charge in [0, 0.05) is 0 Å². The Hall–Kier alpha value is 0.415. The molecule has 0 atom stereocenters. The Labute approximate surface area is 66.4 Å². The van der Waals surface area contributed by atoms with E-state index in [1.165, 1.54) is 0 Å². The summed E-state index contributed by atoms with van der Waals surface area (Å²) in [5.41, 5.74) is 0. The zero-order valence-corrected chi connectivity index (χ0v) is 3.46. The molecule has 0 bridgehead atoms. The molecule has 0 radical (unpaired) electrons. The third-order valence-corrected chi connectivity index (χ3v) is 0.667. The van der Waals surface area contributed by atoms with Crippen molar-refractivity contribution in [2.75, 3.05) is 0 Å². The van der Waals surface area contributed by atoms with Gasteiger partial charge in [-0.1, -0.05) is 0 Å². The summed E-state index contributed by atoms with van der Waals surface area (Å²) in [5, 5.41) is 0. The van der Waals surface area contributed by atoms with Crippen LogP contribution in [0.1, 0.15) is 0 Å². The van der Waals surface area contributed by atoms with Crippen molar-refractivity contribution in [2.24, 2.45) is 0 Å². The van der Waals surface area contributed by atoms with Gasteiger partial charge in [-0.05, 0) is 0 Å². The number of rotatable bonds is 0. The fraction of sp³-hybridized carbons (Fsp3) is 0. The second-order valence-electron chi connectivity index (χ2n) is 1.15. The van der Waals surface area contributed by atoms with Gasteiger partial charge < -0.3 is 0 Å². The molecule has 0 aromatic carbocycles. The van der Waals surface area contributed by atoms with Crippen LogP contribution in [0.15, 0.2) is 30.1 Å². The molecule has 0 nitrogen and oxygen atoms in total. The first-order chi connectivity index (χ1) is 3.00. The molecule has 7 heavy (non-hydrogen) atoms. The molecule has 0 aliphatic rings. The third-order valence-electron chi connectivity index (χ3n) is 0.667. The second kappa shape index (κ2) is 4.57. The Morgan fingerprint density at radius 1 is 0.857 bits per heavy atom. The van der Waals surface area contributed by atoms with Crippen LogP contribution < -0.4 is 0 Å². The topological polar surface area (TPSA) is 0 Å². The molecule has 1 heterocycles. The summed E-state index contributed by atoms with van der Waals surface area (Å²) in [5.74, 6) is 4.00. The molecule has 2 heteroatoms. The van der Waals surface area contributed by atoms with E-state index in [1.807, 2.05) is 37.0 Å². The first kappa shape index (κ1) is 7.41. The van der Waals surface area contributed by atoms with E-state index < -0.39 is 0 Å². The zero-order chi connectivity index (χ0) is 4.24.